The number of hydrogen-bond donors (Lipinski definition) is 2. The van der Waals surface area contributed by atoms with E-state index < -0.39 is 11.3 Å². The monoisotopic (exact) mass is 444 g/mol. The third-order valence-electron chi connectivity index (χ3n) is 6.55. The fraction of sp³-hybridized carbons (Fsp3) is 0.391. The molecular weight excluding hydrogens is 420 g/mol. The molecule has 2 aliphatic rings. The van der Waals surface area contributed by atoms with Crippen molar-refractivity contribution in [2.24, 2.45) is 17.1 Å². The first-order chi connectivity index (χ1) is 15.8. The summed E-state index contributed by atoms with van der Waals surface area (Å²) in [5, 5.41) is 17.1. The summed E-state index contributed by atoms with van der Waals surface area (Å²) < 4.78 is 1.61. The van der Waals surface area contributed by atoms with Crippen molar-refractivity contribution in [2.75, 3.05) is 18.4 Å². The Labute approximate surface area is 190 Å². The number of aryl methyl sites for hydroxylation is 1. The Kier molecular flexibility index (Phi) is 4.78. The largest absolute Gasteiger partial charge is 0.376 e. The van der Waals surface area contributed by atoms with Crippen LogP contribution >= 0.6 is 0 Å². The van der Waals surface area contributed by atoms with Crippen molar-refractivity contribution < 1.29 is 9.59 Å². The highest BCUT2D eigenvalue weighted by Crippen LogP contribution is 2.47. The summed E-state index contributed by atoms with van der Waals surface area (Å²) in [6.45, 7) is 4.93. The number of carbonyl (C=O) groups is 2. The highest BCUT2D eigenvalue weighted by Gasteiger charge is 2.54. The molecule has 0 aromatic carbocycles. The quantitative estimate of drug-likeness (QED) is 0.610. The average Bonchev–Trinajstić information content (AvgIpc) is 3.33. The molecule has 0 unspecified atom stereocenters. The highest BCUT2D eigenvalue weighted by atomic mass is 16.2. The van der Waals surface area contributed by atoms with Gasteiger partial charge in [0.25, 0.3) is 5.91 Å². The van der Waals surface area contributed by atoms with Crippen LogP contribution < -0.4 is 11.1 Å². The van der Waals surface area contributed by atoms with E-state index in [0.717, 1.165) is 11.3 Å². The van der Waals surface area contributed by atoms with Crippen molar-refractivity contribution >= 4 is 23.1 Å². The van der Waals surface area contributed by atoms with Crippen LogP contribution in [0, 0.1) is 29.6 Å². The lowest BCUT2D eigenvalue weighted by Gasteiger charge is -2.21. The number of amides is 2. The van der Waals surface area contributed by atoms with Crippen LogP contribution in [-0.2, 0) is 4.79 Å². The van der Waals surface area contributed by atoms with Gasteiger partial charge in [0.1, 0.15) is 5.41 Å². The van der Waals surface area contributed by atoms with Gasteiger partial charge in [-0.15, -0.1) is 0 Å². The number of primary amides is 1. The summed E-state index contributed by atoms with van der Waals surface area (Å²) in [4.78, 5) is 35.7. The topological polar surface area (TPSA) is 142 Å². The van der Waals surface area contributed by atoms with Crippen LogP contribution in [0.15, 0.2) is 30.7 Å². The number of nitriles is 1. The van der Waals surface area contributed by atoms with Gasteiger partial charge in [-0.2, -0.15) is 10.4 Å². The molecular formula is C23H24N8O2. The minimum absolute atomic E-state index is 0.104. The molecule has 0 spiro atoms. The van der Waals surface area contributed by atoms with Crippen LogP contribution in [0.2, 0.25) is 0 Å². The molecule has 168 valence electrons. The molecule has 0 bridgehead atoms. The second-order valence-corrected chi connectivity index (χ2v) is 9.01. The number of imidazole rings is 1. The molecule has 0 radical (unpaired) electrons. The fourth-order valence-corrected chi connectivity index (χ4v) is 4.41. The number of nitrogens with zero attached hydrogens (tertiary/aromatic N) is 6. The van der Waals surface area contributed by atoms with Gasteiger partial charge in [-0.05, 0) is 37.8 Å². The first-order valence-corrected chi connectivity index (χ1v) is 10.9. The van der Waals surface area contributed by atoms with E-state index in [9.17, 15) is 14.9 Å². The second-order valence-electron chi connectivity index (χ2n) is 9.01. The van der Waals surface area contributed by atoms with Gasteiger partial charge < -0.3 is 16.0 Å². The standard InChI is InChI=1S/C23H24N8O2/c1-13-9-30(22(33)23(12-24)4-5-23)10-17(13)28-19-16(20(25)32)8-27-31-11-18(29-21(19)31)15-3-6-26-14(2)7-15/h3,6-8,11,13,17,28H,4-5,9-10H2,1-2H3,(H2,25,32)/t13-,17-/m1/s1. The zero-order chi connectivity index (χ0) is 23.3. The third kappa shape index (κ3) is 3.55. The Morgan fingerprint density at radius 2 is 2.12 bits per heavy atom. The average molecular weight is 444 g/mol. The predicted molar refractivity (Wildman–Crippen MR) is 120 cm³/mol. The van der Waals surface area contributed by atoms with Crippen molar-refractivity contribution in [1.29, 1.82) is 5.26 Å². The van der Waals surface area contributed by atoms with Crippen LogP contribution in [0.5, 0.6) is 0 Å². The maximum absolute atomic E-state index is 12.8. The minimum Gasteiger partial charge on any atom is -0.376 e. The molecule has 3 aromatic rings. The first kappa shape index (κ1) is 20.9. The van der Waals surface area contributed by atoms with Crippen LogP contribution in [-0.4, -0.2) is 55.4 Å². The lowest BCUT2D eigenvalue weighted by molar-refractivity contribution is -0.134. The maximum atomic E-state index is 12.8. The summed E-state index contributed by atoms with van der Waals surface area (Å²) in [5.41, 5.74) is 8.44. The molecule has 2 atom stereocenters. The summed E-state index contributed by atoms with van der Waals surface area (Å²) in [6.07, 6.45) is 6.17. The Hall–Kier alpha value is -4.00. The number of nitrogens with two attached hydrogens (primary N) is 1. The van der Waals surface area contributed by atoms with Gasteiger partial charge in [0.05, 0.1) is 35.4 Å². The predicted octanol–water partition coefficient (Wildman–Crippen LogP) is 1.76. The van der Waals surface area contributed by atoms with Crippen LogP contribution in [0.4, 0.5) is 5.69 Å². The van der Waals surface area contributed by atoms with Crippen molar-refractivity contribution in [3.63, 3.8) is 0 Å². The van der Waals surface area contributed by atoms with E-state index in [2.05, 4.69) is 21.5 Å². The number of nitrogens with one attached hydrogen (secondary N) is 1. The number of anilines is 1. The maximum Gasteiger partial charge on any atom is 0.252 e. The zero-order valence-electron chi connectivity index (χ0n) is 18.4. The molecule has 2 fully saturated rings. The van der Waals surface area contributed by atoms with Gasteiger partial charge in [-0.1, -0.05) is 6.92 Å². The van der Waals surface area contributed by atoms with Crippen molar-refractivity contribution in [3.8, 4) is 17.3 Å². The highest BCUT2D eigenvalue weighted by molar-refractivity contribution is 6.01. The molecule has 10 heteroatoms. The fourth-order valence-electron chi connectivity index (χ4n) is 4.41. The summed E-state index contributed by atoms with van der Waals surface area (Å²) >= 11 is 0. The number of carbonyl (C=O) groups excluding carboxylic acids is 2. The van der Waals surface area contributed by atoms with Gasteiger partial charge >= 0.3 is 0 Å². The van der Waals surface area contributed by atoms with Gasteiger partial charge in [0, 0.05) is 36.6 Å². The lowest BCUT2D eigenvalue weighted by atomic mass is 10.1. The van der Waals surface area contributed by atoms with Crippen molar-refractivity contribution in [2.45, 2.75) is 32.7 Å². The number of pyridine rings is 1. The molecule has 1 aliphatic heterocycles. The molecule has 3 aromatic heterocycles. The first-order valence-electron chi connectivity index (χ1n) is 10.9. The normalized spacial score (nSPS) is 21.1. The van der Waals surface area contributed by atoms with Gasteiger partial charge in [-0.3, -0.25) is 14.6 Å². The summed E-state index contributed by atoms with van der Waals surface area (Å²) in [6, 6.07) is 5.84. The Morgan fingerprint density at radius 1 is 1.33 bits per heavy atom. The third-order valence-corrected chi connectivity index (χ3v) is 6.55. The molecule has 3 N–H and O–H groups in total. The van der Waals surface area contributed by atoms with Gasteiger partial charge in [-0.25, -0.2) is 9.50 Å². The number of likely N-dealkylation sites (tertiary alicyclic amines) is 1. The lowest BCUT2D eigenvalue weighted by Crippen LogP contribution is -2.36. The molecule has 1 aliphatic carbocycles. The minimum atomic E-state index is -0.850. The van der Waals surface area contributed by atoms with E-state index in [1.54, 1.807) is 21.8 Å². The van der Waals surface area contributed by atoms with Gasteiger partial charge in [0.15, 0.2) is 5.65 Å². The van der Waals surface area contributed by atoms with E-state index in [1.165, 1.54) is 6.20 Å². The second kappa shape index (κ2) is 7.55. The zero-order valence-corrected chi connectivity index (χ0v) is 18.4. The smallest absolute Gasteiger partial charge is 0.252 e. The van der Waals surface area contributed by atoms with E-state index in [0.29, 0.717) is 43.0 Å². The van der Waals surface area contributed by atoms with E-state index in [-0.39, 0.29) is 23.4 Å². The Balaban J connectivity index is 1.49. The van der Waals surface area contributed by atoms with Crippen molar-refractivity contribution in [3.05, 3.63) is 42.0 Å². The molecule has 1 saturated heterocycles. The molecule has 2 amide bonds. The Bertz CT molecular complexity index is 1320. The van der Waals surface area contributed by atoms with Crippen molar-refractivity contribution in [1.82, 2.24) is 24.5 Å². The number of fused-ring (bicyclic) bond motifs is 1. The molecule has 33 heavy (non-hydrogen) atoms. The molecule has 5 rings (SSSR count). The van der Waals surface area contributed by atoms with E-state index in [4.69, 9.17) is 10.7 Å². The molecule has 1 saturated carbocycles. The number of aromatic nitrogens is 4. The van der Waals surface area contributed by atoms with Crippen LogP contribution in [0.25, 0.3) is 16.9 Å². The van der Waals surface area contributed by atoms with E-state index >= 15 is 0 Å². The molecule has 4 heterocycles. The summed E-state index contributed by atoms with van der Waals surface area (Å²) in [7, 11) is 0. The van der Waals surface area contributed by atoms with Gasteiger partial charge in [0.2, 0.25) is 5.91 Å². The van der Waals surface area contributed by atoms with E-state index in [1.807, 2.05) is 26.0 Å². The van der Waals surface area contributed by atoms with Crippen LogP contribution in [0.1, 0.15) is 35.8 Å². The Morgan fingerprint density at radius 3 is 2.79 bits per heavy atom. The number of rotatable bonds is 5. The number of hydrogen-bond acceptors (Lipinski definition) is 7. The summed E-state index contributed by atoms with van der Waals surface area (Å²) in [5.74, 6) is -0.612. The molecule has 10 nitrogen and oxygen atoms in total. The SMILES string of the molecule is Cc1cc(-c2cn3ncc(C(N)=O)c(N[C@@H]4CN(C(=O)C5(C#N)CC5)C[C@H]4C)c3n2)ccn1. The van der Waals surface area contributed by atoms with Crippen LogP contribution in [0.3, 0.4) is 0 Å².